The third-order valence-corrected chi connectivity index (χ3v) is 4.95. The van der Waals surface area contributed by atoms with Gasteiger partial charge < -0.3 is 10.3 Å². The number of nitrogens with two attached hydrogens (primary N) is 1. The van der Waals surface area contributed by atoms with Crippen molar-refractivity contribution < 1.29 is 4.52 Å². The summed E-state index contributed by atoms with van der Waals surface area (Å²) >= 11 is 0. The van der Waals surface area contributed by atoms with Crippen LogP contribution < -0.4 is 5.73 Å². The zero-order valence-electron chi connectivity index (χ0n) is 14.4. The lowest BCUT2D eigenvalue weighted by Gasteiger charge is -2.14. The molecule has 0 unspecified atom stereocenters. The first kappa shape index (κ1) is 16.1. The highest BCUT2D eigenvalue weighted by Crippen LogP contribution is 2.28. The number of nitrogens with zero attached hydrogens (tertiary/aromatic N) is 2. The SMILES string of the molecule is Cc1ccc(-c2cc(CN3C[C@@H](N)[C@H](c4ccccc4)C3)on2)cc1. The predicted molar refractivity (Wildman–Crippen MR) is 99.1 cm³/mol. The molecule has 0 saturated carbocycles. The van der Waals surface area contributed by atoms with Crippen LogP contribution in [-0.4, -0.2) is 29.2 Å². The number of hydrogen-bond donors (Lipinski definition) is 1. The van der Waals surface area contributed by atoms with E-state index in [-0.39, 0.29) is 6.04 Å². The summed E-state index contributed by atoms with van der Waals surface area (Å²) in [5, 5.41) is 4.22. The lowest BCUT2D eigenvalue weighted by Crippen LogP contribution is -2.28. The standard InChI is InChI=1S/C21H23N3O/c1-15-7-9-17(10-8-15)21-11-18(25-23-21)12-24-13-19(20(22)14-24)16-5-3-2-4-6-16/h2-11,19-20H,12-14,22H2,1H3/t19-,20+/m0/s1. The van der Waals surface area contributed by atoms with Crippen LogP contribution in [0.25, 0.3) is 11.3 Å². The summed E-state index contributed by atoms with van der Waals surface area (Å²) in [4.78, 5) is 2.35. The van der Waals surface area contributed by atoms with E-state index in [9.17, 15) is 0 Å². The molecule has 2 atom stereocenters. The monoisotopic (exact) mass is 333 g/mol. The van der Waals surface area contributed by atoms with Crippen molar-refractivity contribution in [2.75, 3.05) is 13.1 Å². The molecule has 0 aliphatic carbocycles. The second kappa shape index (κ2) is 6.82. The van der Waals surface area contributed by atoms with Crippen molar-refractivity contribution in [3.8, 4) is 11.3 Å². The summed E-state index contributed by atoms with van der Waals surface area (Å²) < 4.78 is 5.55. The summed E-state index contributed by atoms with van der Waals surface area (Å²) in [5.74, 6) is 1.26. The van der Waals surface area contributed by atoms with E-state index in [4.69, 9.17) is 10.3 Å². The molecule has 2 aromatic carbocycles. The fourth-order valence-electron chi connectivity index (χ4n) is 3.56. The molecule has 0 amide bonds. The molecule has 0 spiro atoms. The van der Waals surface area contributed by atoms with Crippen molar-refractivity contribution in [1.29, 1.82) is 0 Å². The Balaban J connectivity index is 1.44. The van der Waals surface area contributed by atoms with Crippen LogP contribution in [0.3, 0.4) is 0 Å². The number of likely N-dealkylation sites (tertiary alicyclic amines) is 1. The van der Waals surface area contributed by atoms with E-state index in [0.717, 1.165) is 36.7 Å². The first-order chi connectivity index (χ1) is 12.2. The van der Waals surface area contributed by atoms with Gasteiger partial charge in [-0.25, -0.2) is 0 Å². The number of aromatic nitrogens is 1. The van der Waals surface area contributed by atoms with Gasteiger partial charge >= 0.3 is 0 Å². The lowest BCUT2D eigenvalue weighted by molar-refractivity contribution is 0.270. The van der Waals surface area contributed by atoms with Crippen molar-refractivity contribution in [3.05, 3.63) is 77.6 Å². The first-order valence-corrected chi connectivity index (χ1v) is 8.74. The Morgan fingerprint density at radius 2 is 1.84 bits per heavy atom. The zero-order valence-corrected chi connectivity index (χ0v) is 14.4. The minimum Gasteiger partial charge on any atom is -0.359 e. The third kappa shape index (κ3) is 3.50. The van der Waals surface area contributed by atoms with Crippen LogP contribution in [0.5, 0.6) is 0 Å². The molecule has 4 nitrogen and oxygen atoms in total. The minimum atomic E-state index is 0.155. The van der Waals surface area contributed by atoms with Gasteiger partial charge in [-0.3, -0.25) is 4.90 Å². The molecule has 0 bridgehead atoms. The average Bonchev–Trinajstić information content (AvgIpc) is 3.23. The molecule has 1 aromatic heterocycles. The summed E-state index contributed by atoms with van der Waals surface area (Å²) in [5.41, 5.74) is 10.9. The van der Waals surface area contributed by atoms with Crippen molar-refractivity contribution in [2.24, 2.45) is 5.73 Å². The Bertz CT molecular complexity index is 826. The van der Waals surface area contributed by atoms with Crippen LogP contribution in [0.1, 0.15) is 22.8 Å². The van der Waals surface area contributed by atoms with Gasteiger partial charge in [0.15, 0.2) is 5.76 Å². The molecule has 25 heavy (non-hydrogen) atoms. The summed E-state index contributed by atoms with van der Waals surface area (Å²) in [6, 6.07) is 21.1. The molecule has 4 heteroatoms. The molecular weight excluding hydrogens is 310 g/mol. The quantitative estimate of drug-likeness (QED) is 0.793. The summed E-state index contributed by atoms with van der Waals surface area (Å²) in [7, 11) is 0. The van der Waals surface area contributed by atoms with Crippen molar-refractivity contribution in [3.63, 3.8) is 0 Å². The Kier molecular flexibility index (Phi) is 4.38. The van der Waals surface area contributed by atoms with Crippen molar-refractivity contribution >= 4 is 0 Å². The molecule has 128 valence electrons. The van der Waals surface area contributed by atoms with E-state index in [2.05, 4.69) is 65.5 Å². The topological polar surface area (TPSA) is 55.3 Å². The fraction of sp³-hybridized carbons (Fsp3) is 0.286. The van der Waals surface area contributed by atoms with Crippen molar-refractivity contribution in [1.82, 2.24) is 10.1 Å². The maximum Gasteiger partial charge on any atom is 0.151 e. The molecule has 0 radical (unpaired) electrons. The highest BCUT2D eigenvalue weighted by molar-refractivity contribution is 5.59. The number of hydrogen-bond acceptors (Lipinski definition) is 4. The Morgan fingerprint density at radius 3 is 2.60 bits per heavy atom. The molecule has 1 saturated heterocycles. The van der Waals surface area contributed by atoms with E-state index < -0.39 is 0 Å². The van der Waals surface area contributed by atoms with Crippen LogP contribution in [0.2, 0.25) is 0 Å². The van der Waals surface area contributed by atoms with E-state index in [1.54, 1.807) is 0 Å². The van der Waals surface area contributed by atoms with Crippen molar-refractivity contribution in [2.45, 2.75) is 25.4 Å². The van der Waals surface area contributed by atoms with E-state index in [0.29, 0.717) is 5.92 Å². The number of rotatable bonds is 4. The Labute approximate surface area is 148 Å². The second-order valence-electron chi connectivity index (χ2n) is 6.92. The molecule has 4 rings (SSSR count). The van der Waals surface area contributed by atoms with Gasteiger partial charge in [0, 0.05) is 36.7 Å². The van der Waals surface area contributed by atoms with Gasteiger partial charge in [-0.2, -0.15) is 0 Å². The van der Waals surface area contributed by atoms with Crippen LogP contribution in [-0.2, 0) is 6.54 Å². The number of aryl methyl sites for hydroxylation is 1. The Morgan fingerprint density at radius 1 is 1.08 bits per heavy atom. The first-order valence-electron chi connectivity index (χ1n) is 8.74. The molecule has 1 aliphatic rings. The van der Waals surface area contributed by atoms with Gasteiger partial charge in [0.2, 0.25) is 0 Å². The normalized spacial score (nSPS) is 20.9. The predicted octanol–water partition coefficient (Wildman–Crippen LogP) is 3.58. The smallest absolute Gasteiger partial charge is 0.151 e. The van der Waals surface area contributed by atoms with Gasteiger partial charge in [0.05, 0.1) is 6.54 Å². The van der Waals surface area contributed by atoms with Gasteiger partial charge in [0.25, 0.3) is 0 Å². The van der Waals surface area contributed by atoms with Gasteiger partial charge in [-0.05, 0) is 12.5 Å². The maximum absolute atomic E-state index is 6.38. The van der Waals surface area contributed by atoms with Crippen LogP contribution in [0, 0.1) is 6.92 Å². The molecular formula is C21H23N3O. The van der Waals surface area contributed by atoms with E-state index in [1.807, 2.05) is 12.1 Å². The molecule has 3 aromatic rings. The van der Waals surface area contributed by atoms with E-state index >= 15 is 0 Å². The second-order valence-corrected chi connectivity index (χ2v) is 6.92. The summed E-state index contributed by atoms with van der Waals surface area (Å²) in [6.07, 6.45) is 0. The highest BCUT2D eigenvalue weighted by Gasteiger charge is 2.31. The average molecular weight is 333 g/mol. The van der Waals surface area contributed by atoms with Crippen LogP contribution in [0.4, 0.5) is 0 Å². The molecule has 2 heterocycles. The van der Waals surface area contributed by atoms with E-state index in [1.165, 1.54) is 11.1 Å². The largest absolute Gasteiger partial charge is 0.359 e. The minimum absolute atomic E-state index is 0.155. The molecule has 1 aliphatic heterocycles. The maximum atomic E-state index is 6.38. The summed E-state index contributed by atoms with van der Waals surface area (Å²) in [6.45, 7) is 4.65. The van der Waals surface area contributed by atoms with Gasteiger partial charge in [-0.15, -0.1) is 0 Å². The van der Waals surface area contributed by atoms with Crippen LogP contribution >= 0.6 is 0 Å². The zero-order chi connectivity index (χ0) is 17.2. The van der Waals surface area contributed by atoms with Crippen LogP contribution in [0.15, 0.2) is 65.2 Å². The molecule has 2 N–H and O–H groups in total. The fourth-order valence-corrected chi connectivity index (χ4v) is 3.56. The van der Waals surface area contributed by atoms with Gasteiger partial charge in [-0.1, -0.05) is 65.3 Å². The lowest BCUT2D eigenvalue weighted by atomic mass is 9.95. The highest BCUT2D eigenvalue weighted by atomic mass is 16.5. The third-order valence-electron chi connectivity index (χ3n) is 4.95. The van der Waals surface area contributed by atoms with Gasteiger partial charge in [0.1, 0.15) is 5.69 Å². The number of benzene rings is 2. The Hall–Kier alpha value is -2.43. The molecule has 1 fully saturated rings.